The van der Waals surface area contributed by atoms with Gasteiger partial charge >= 0.3 is 0 Å². The van der Waals surface area contributed by atoms with Crippen LogP contribution in [0, 0.1) is 0 Å². The van der Waals surface area contributed by atoms with Crippen LogP contribution in [0.3, 0.4) is 0 Å². The van der Waals surface area contributed by atoms with Crippen molar-refractivity contribution in [2.45, 2.75) is 6.54 Å². The number of fused-ring (bicyclic) bond motifs is 2. The minimum absolute atomic E-state index is 0.254. The molecule has 0 radical (unpaired) electrons. The molecule has 0 aliphatic carbocycles. The highest BCUT2D eigenvalue weighted by molar-refractivity contribution is 7.15. The summed E-state index contributed by atoms with van der Waals surface area (Å²) >= 11 is 1.58. The number of benzene rings is 1. The van der Waals surface area contributed by atoms with E-state index >= 15 is 0 Å². The average molecular weight is 303 g/mol. The number of nitrogens with one attached hydrogen (secondary N) is 1. The molecule has 3 heterocycles. The van der Waals surface area contributed by atoms with Gasteiger partial charge in [-0.05, 0) is 19.2 Å². The van der Waals surface area contributed by atoms with Crippen molar-refractivity contribution in [1.29, 1.82) is 0 Å². The summed E-state index contributed by atoms with van der Waals surface area (Å²) in [7, 11) is 1.90. The molecule has 0 atom stereocenters. The molecule has 7 heteroatoms. The van der Waals surface area contributed by atoms with Crippen molar-refractivity contribution >= 4 is 16.3 Å². The molecule has 4 rings (SSSR count). The Morgan fingerprint density at radius 3 is 3.19 bits per heavy atom. The van der Waals surface area contributed by atoms with Crippen LogP contribution in [0.15, 0.2) is 29.8 Å². The molecule has 0 bridgehead atoms. The summed E-state index contributed by atoms with van der Waals surface area (Å²) in [4.78, 5) is 5.44. The number of hydrogen-bond donors (Lipinski definition) is 1. The SMILES string of the molecule is CNCc1c(Oc2ccc3c(c2)OCO3)nc2sccn12. The second-order valence-corrected chi connectivity index (χ2v) is 5.44. The molecule has 0 unspecified atom stereocenters. The maximum absolute atomic E-state index is 5.93. The molecule has 1 N–H and O–H groups in total. The smallest absolute Gasteiger partial charge is 0.243 e. The molecular formula is C14H13N3O3S. The molecule has 108 valence electrons. The van der Waals surface area contributed by atoms with Gasteiger partial charge in [-0.3, -0.25) is 4.40 Å². The fourth-order valence-electron chi connectivity index (χ4n) is 2.27. The van der Waals surface area contributed by atoms with Crippen LogP contribution in [0.25, 0.3) is 4.96 Å². The Bertz CT molecular complexity index is 796. The standard InChI is InChI=1S/C14H13N3O3S/c1-15-7-10-13(16-14-17(10)4-5-21-14)20-9-2-3-11-12(6-9)19-8-18-11/h2-6,15H,7-8H2,1H3. The monoisotopic (exact) mass is 303 g/mol. The second-order valence-electron chi connectivity index (χ2n) is 4.57. The van der Waals surface area contributed by atoms with Gasteiger partial charge in [0, 0.05) is 24.2 Å². The largest absolute Gasteiger partial charge is 0.454 e. The van der Waals surface area contributed by atoms with Crippen LogP contribution < -0.4 is 19.5 Å². The van der Waals surface area contributed by atoms with Crippen molar-refractivity contribution in [3.63, 3.8) is 0 Å². The first-order valence-corrected chi connectivity index (χ1v) is 7.39. The fourth-order valence-corrected chi connectivity index (χ4v) is 3.00. The van der Waals surface area contributed by atoms with Crippen molar-refractivity contribution in [1.82, 2.24) is 14.7 Å². The van der Waals surface area contributed by atoms with E-state index in [9.17, 15) is 0 Å². The van der Waals surface area contributed by atoms with E-state index in [0.717, 1.165) is 16.4 Å². The summed E-state index contributed by atoms with van der Waals surface area (Å²) in [6.07, 6.45) is 1.99. The van der Waals surface area contributed by atoms with Gasteiger partial charge in [-0.15, -0.1) is 11.3 Å². The summed E-state index contributed by atoms with van der Waals surface area (Å²) in [6, 6.07) is 5.51. The van der Waals surface area contributed by atoms with Gasteiger partial charge in [0.05, 0.1) is 0 Å². The molecule has 0 fully saturated rings. The van der Waals surface area contributed by atoms with E-state index < -0.39 is 0 Å². The molecule has 3 aromatic rings. The van der Waals surface area contributed by atoms with E-state index in [1.54, 1.807) is 11.3 Å². The molecule has 0 saturated carbocycles. The molecule has 1 aliphatic heterocycles. The molecule has 6 nitrogen and oxygen atoms in total. The summed E-state index contributed by atoms with van der Waals surface area (Å²) in [5.41, 5.74) is 0.992. The minimum atomic E-state index is 0.254. The first-order chi connectivity index (χ1) is 10.3. The van der Waals surface area contributed by atoms with Gasteiger partial charge in [-0.2, -0.15) is 4.98 Å². The number of ether oxygens (including phenoxy) is 3. The van der Waals surface area contributed by atoms with Crippen LogP contribution in [0.4, 0.5) is 0 Å². The number of nitrogens with zero attached hydrogens (tertiary/aromatic N) is 2. The van der Waals surface area contributed by atoms with E-state index in [4.69, 9.17) is 14.2 Å². The zero-order valence-corrected chi connectivity index (χ0v) is 12.1. The Balaban J connectivity index is 1.70. The van der Waals surface area contributed by atoms with Crippen molar-refractivity contribution in [2.75, 3.05) is 13.8 Å². The van der Waals surface area contributed by atoms with Gasteiger partial charge in [0.1, 0.15) is 11.4 Å². The molecular weight excluding hydrogens is 290 g/mol. The third-order valence-corrected chi connectivity index (χ3v) is 3.98. The molecule has 21 heavy (non-hydrogen) atoms. The van der Waals surface area contributed by atoms with Crippen LogP contribution in [-0.2, 0) is 6.54 Å². The van der Waals surface area contributed by atoms with Crippen molar-refractivity contribution < 1.29 is 14.2 Å². The van der Waals surface area contributed by atoms with Crippen LogP contribution in [0.2, 0.25) is 0 Å². The zero-order valence-electron chi connectivity index (χ0n) is 11.3. The highest BCUT2D eigenvalue weighted by atomic mass is 32.1. The maximum Gasteiger partial charge on any atom is 0.243 e. The zero-order chi connectivity index (χ0) is 14.2. The molecule has 0 saturated heterocycles. The van der Waals surface area contributed by atoms with E-state index in [-0.39, 0.29) is 6.79 Å². The number of aromatic nitrogens is 2. The average Bonchev–Trinajstić information content (AvgIpc) is 3.17. The lowest BCUT2D eigenvalue weighted by Gasteiger charge is -2.06. The number of rotatable bonds is 4. The second kappa shape index (κ2) is 4.94. The van der Waals surface area contributed by atoms with Crippen LogP contribution in [0.1, 0.15) is 5.69 Å². The quantitative estimate of drug-likeness (QED) is 0.803. The summed E-state index contributed by atoms with van der Waals surface area (Å²) in [5.74, 6) is 2.73. The third-order valence-electron chi connectivity index (χ3n) is 3.23. The molecule has 0 amide bonds. The Morgan fingerprint density at radius 1 is 1.38 bits per heavy atom. The molecule has 1 aromatic carbocycles. The van der Waals surface area contributed by atoms with Crippen molar-refractivity contribution in [3.05, 3.63) is 35.5 Å². The molecule has 2 aromatic heterocycles. The normalized spacial score (nSPS) is 13.0. The van der Waals surface area contributed by atoms with E-state index in [1.807, 2.05) is 41.2 Å². The van der Waals surface area contributed by atoms with E-state index in [0.29, 0.717) is 23.9 Å². The van der Waals surface area contributed by atoms with Gasteiger partial charge in [0.25, 0.3) is 0 Å². The van der Waals surface area contributed by atoms with E-state index in [1.165, 1.54) is 0 Å². The van der Waals surface area contributed by atoms with Crippen molar-refractivity contribution in [3.8, 4) is 23.1 Å². The van der Waals surface area contributed by atoms with Crippen LogP contribution in [-0.4, -0.2) is 23.2 Å². The summed E-state index contributed by atoms with van der Waals surface area (Å²) < 4.78 is 18.6. The summed E-state index contributed by atoms with van der Waals surface area (Å²) in [5, 5.41) is 5.14. The molecule has 1 aliphatic rings. The number of hydrogen-bond acceptors (Lipinski definition) is 6. The number of thiazole rings is 1. The van der Waals surface area contributed by atoms with Gasteiger partial charge < -0.3 is 19.5 Å². The molecule has 0 spiro atoms. The lowest BCUT2D eigenvalue weighted by Crippen LogP contribution is -2.08. The predicted octanol–water partition coefficient (Wildman–Crippen LogP) is 2.64. The summed E-state index contributed by atoms with van der Waals surface area (Å²) in [6.45, 7) is 0.932. The Labute approximate surface area is 124 Å². The lowest BCUT2D eigenvalue weighted by molar-refractivity contribution is 0.174. The predicted molar refractivity (Wildman–Crippen MR) is 78.5 cm³/mol. The highest BCUT2D eigenvalue weighted by Gasteiger charge is 2.17. The fraction of sp³-hybridized carbons (Fsp3) is 0.214. The van der Waals surface area contributed by atoms with E-state index in [2.05, 4.69) is 10.3 Å². The maximum atomic E-state index is 5.93. The lowest BCUT2D eigenvalue weighted by atomic mass is 10.3. The Hall–Kier alpha value is -2.25. The van der Waals surface area contributed by atoms with Gasteiger partial charge in [0.2, 0.25) is 12.7 Å². The van der Waals surface area contributed by atoms with Gasteiger partial charge in [0.15, 0.2) is 16.5 Å². The first-order valence-electron chi connectivity index (χ1n) is 6.51. The van der Waals surface area contributed by atoms with Crippen molar-refractivity contribution in [2.24, 2.45) is 0 Å². The number of imidazole rings is 1. The first kappa shape index (κ1) is 12.5. The van der Waals surface area contributed by atoms with Gasteiger partial charge in [-0.1, -0.05) is 0 Å². The van der Waals surface area contributed by atoms with Crippen LogP contribution in [0.5, 0.6) is 23.1 Å². The van der Waals surface area contributed by atoms with Crippen LogP contribution >= 0.6 is 11.3 Å². The Kier molecular flexibility index (Phi) is 2.94. The third kappa shape index (κ3) is 2.10. The van der Waals surface area contributed by atoms with Gasteiger partial charge in [-0.25, -0.2) is 0 Å². The Morgan fingerprint density at radius 2 is 2.29 bits per heavy atom. The topological polar surface area (TPSA) is 57.0 Å². The minimum Gasteiger partial charge on any atom is -0.454 e. The highest BCUT2D eigenvalue weighted by Crippen LogP contribution is 2.37.